The molecule has 114 valence electrons. The molecular weight excluding hydrogens is 284 g/mol. The van der Waals surface area contributed by atoms with Crippen molar-refractivity contribution >= 4 is 23.6 Å². The summed E-state index contributed by atoms with van der Waals surface area (Å²) in [5.41, 5.74) is 0.847. The maximum Gasteiger partial charge on any atom is 0.250 e. The first-order chi connectivity index (χ1) is 10.2. The maximum absolute atomic E-state index is 12.7. The van der Waals surface area contributed by atoms with Gasteiger partial charge in [0.1, 0.15) is 12.1 Å². The molecule has 1 aromatic rings. The number of amides is 2. The van der Waals surface area contributed by atoms with E-state index >= 15 is 0 Å². The van der Waals surface area contributed by atoms with Gasteiger partial charge in [-0.3, -0.25) is 9.59 Å². The van der Waals surface area contributed by atoms with Crippen LogP contribution in [0.1, 0.15) is 31.4 Å². The fourth-order valence-electron chi connectivity index (χ4n) is 2.68. The topological polar surface area (TPSA) is 49.4 Å². The number of nitrogens with zero attached hydrogens (tertiary/aromatic N) is 1. The molecule has 0 radical (unpaired) electrons. The smallest absolute Gasteiger partial charge is 0.250 e. The highest BCUT2D eigenvalue weighted by molar-refractivity contribution is 7.98. The zero-order chi connectivity index (χ0) is 15.2. The molecular formula is C16H22N2O2S. The van der Waals surface area contributed by atoms with Gasteiger partial charge in [-0.15, -0.1) is 0 Å². The summed E-state index contributed by atoms with van der Waals surface area (Å²) in [4.78, 5) is 26.8. The van der Waals surface area contributed by atoms with Crippen molar-refractivity contribution in [1.29, 1.82) is 0 Å². The molecule has 21 heavy (non-hydrogen) atoms. The van der Waals surface area contributed by atoms with Crippen LogP contribution < -0.4 is 5.32 Å². The molecule has 0 spiro atoms. The van der Waals surface area contributed by atoms with E-state index in [1.807, 2.05) is 37.3 Å². The van der Waals surface area contributed by atoms with Crippen LogP contribution in [0.5, 0.6) is 0 Å². The third-order valence-electron chi connectivity index (χ3n) is 3.76. The van der Waals surface area contributed by atoms with E-state index < -0.39 is 6.04 Å². The quantitative estimate of drug-likeness (QED) is 0.820. The molecule has 2 rings (SSSR count). The average Bonchev–Trinajstić information content (AvgIpc) is 2.51. The zero-order valence-electron chi connectivity index (χ0n) is 12.5. The minimum atomic E-state index is -0.546. The van der Waals surface area contributed by atoms with E-state index in [2.05, 4.69) is 11.6 Å². The molecule has 2 amide bonds. The molecule has 4 nitrogen and oxygen atoms in total. The minimum Gasteiger partial charge on any atom is -0.339 e. The Morgan fingerprint density at radius 3 is 2.57 bits per heavy atom. The lowest BCUT2D eigenvalue weighted by Crippen LogP contribution is -2.59. The highest BCUT2D eigenvalue weighted by atomic mass is 32.2. The van der Waals surface area contributed by atoms with E-state index in [9.17, 15) is 9.59 Å². The Labute approximate surface area is 130 Å². The standard InChI is InChI=1S/C16H22N2O2S/c1-3-13-15(19)17-14(12-8-5-4-6-9-12)16(20)18(13)10-7-11-21-2/h4-6,8-9,13-14H,3,7,10-11H2,1-2H3,(H,17,19). The lowest BCUT2D eigenvalue weighted by molar-refractivity contribution is -0.149. The van der Waals surface area contributed by atoms with E-state index in [4.69, 9.17) is 0 Å². The number of thioether (sulfide) groups is 1. The third kappa shape index (κ3) is 3.59. The zero-order valence-corrected chi connectivity index (χ0v) is 13.4. The van der Waals surface area contributed by atoms with Crippen molar-refractivity contribution in [2.45, 2.75) is 31.8 Å². The van der Waals surface area contributed by atoms with E-state index in [-0.39, 0.29) is 17.9 Å². The van der Waals surface area contributed by atoms with Crippen molar-refractivity contribution in [2.24, 2.45) is 0 Å². The van der Waals surface area contributed by atoms with Crippen LogP contribution >= 0.6 is 11.8 Å². The summed E-state index contributed by atoms with van der Waals surface area (Å²) in [6.07, 6.45) is 3.62. The summed E-state index contributed by atoms with van der Waals surface area (Å²) >= 11 is 1.76. The molecule has 5 heteroatoms. The molecule has 1 fully saturated rings. The van der Waals surface area contributed by atoms with Gasteiger partial charge in [-0.1, -0.05) is 37.3 Å². The predicted octanol–water partition coefficient (Wildman–Crippen LogP) is 2.22. The van der Waals surface area contributed by atoms with Gasteiger partial charge >= 0.3 is 0 Å². The molecule has 1 N–H and O–H groups in total. The third-order valence-corrected chi connectivity index (χ3v) is 4.46. The second kappa shape index (κ2) is 7.50. The Morgan fingerprint density at radius 2 is 1.95 bits per heavy atom. The predicted molar refractivity (Wildman–Crippen MR) is 86.1 cm³/mol. The number of carbonyl (C=O) groups excluding carboxylic acids is 2. The van der Waals surface area contributed by atoms with Crippen LogP contribution in [0.15, 0.2) is 30.3 Å². The highest BCUT2D eigenvalue weighted by Crippen LogP contribution is 2.23. The summed E-state index contributed by atoms with van der Waals surface area (Å²) in [7, 11) is 0. The number of carbonyl (C=O) groups is 2. The van der Waals surface area contributed by atoms with Crippen molar-refractivity contribution in [1.82, 2.24) is 10.2 Å². The first kappa shape index (κ1) is 15.9. The van der Waals surface area contributed by atoms with Gasteiger partial charge in [-0.25, -0.2) is 0 Å². The Bertz CT molecular complexity index is 492. The van der Waals surface area contributed by atoms with Gasteiger partial charge in [0, 0.05) is 6.54 Å². The van der Waals surface area contributed by atoms with E-state index in [1.165, 1.54) is 0 Å². The molecule has 0 saturated carbocycles. The average molecular weight is 306 g/mol. The summed E-state index contributed by atoms with van der Waals surface area (Å²) < 4.78 is 0. The summed E-state index contributed by atoms with van der Waals surface area (Å²) in [5, 5.41) is 2.87. The van der Waals surface area contributed by atoms with Crippen molar-refractivity contribution in [3.8, 4) is 0 Å². The number of benzene rings is 1. The number of hydrogen-bond acceptors (Lipinski definition) is 3. The Balaban J connectivity index is 2.19. The summed E-state index contributed by atoms with van der Waals surface area (Å²) in [6, 6.07) is 8.57. The number of rotatable bonds is 6. The van der Waals surface area contributed by atoms with Crippen LogP contribution in [0, 0.1) is 0 Å². The lowest BCUT2D eigenvalue weighted by atomic mass is 9.99. The number of hydrogen-bond donors (Lipinski definition) is 1. The molecule has 0 aliphatic carbocycles. The normalized spacial score (nSPS) is 22.3. The first-order valence-electron chi connectivity index (χ1n) is 7.33. The molecule has 1 aliphatic rings. The first-order valence-corrected chi connectivity index (χ1v) is 8.73. The second-order valence-corrected chi connectivity index (χ2v) is 6.14. The molecule has 2 unspecified atom stereocenters. The van der Waals surface area contributed by atoms with Gasteiger partial charge in [0.05, 0.1) is 0 Å². The van der Waals surface area contributed by atoms with Crippen molar-refractivity contribution in [3.63, 3.8) is 0 Å². The largest absolute Gasteiger partial charge is 0.339 e. The monoisotopic (exact) mass is 306 g/mol. The van der Waals surface area contributed by atoms with Gasteiger partial charge in [-0.05, 0) is 30.4 Å². The lowest BCUT2D eigenvalue weighted by Gasteiger charge is -2.38. The van der Waals surface area contributed by atoms with Crippen LogP contribution in [0.2, 0.25) is 0 Å². The maximum atomic E-state index is 12.7. The Morgan fingerprint density at radius 1 is 1.24 bits per heavy atom. The molecule has 1 heterocycles. The molecule has 2 atom stereocenters. The van der Waals surface area contributed by atoms with Gasteiger partial charge in [0.15, 0.2) is 0 Å². The molecule has 1 saturated heterocycles. The van der Waals surface area contributed by atoms with Gasteiger partial charge in [0.2, 0.25) is 11.8 Å². The highest BCUT2D eigenvalue weighted by Gasteiger charge is 2.39. The van der Waals surface area contributed by atoms with Crippen LogP contribution in [0.4, 0.5) is 0 Å². The fraction of sp³-hybridized carbons (Fsp3) is 0.500. The Hall–Kier alpha value is -1.49. The van der Waals surface area contributed by atoms with Crippen LogP contribution in [-0.2, 0) is 9.59 Å². The van der Waals surface area contributed by atoms with E-state index in [0.717, 1.165) is 17.7 Å². The molecule has 0 bridgehead atoms. The van der Waals surface area contributed by atoms with Crippen LogP contribution in [-0.4, -0.2) is 41.3 Å². The summed E-state index contributed by atoms with van der Waals surface area (Å²) in [5.74, 6) is 0.960. The van der Waals surface area contributed by atoms with Crippen LogP contribution in [0.25, 0.3) is 0 Å². The summed E-state index contributed by atoms with van der Waals surface area (Å²) in [6.45, 7) is 2.59. The SMILES string of the molecule is CCC1C(=O)NC(c2ccccc2)C(=O)N1CCCSC. The van der Waals surface area contributed by atoms with E-state index in [1.54, 1.807) is 16.7 Å². The van der Waals surface area contributed by atoms with Crippen LogP contribution in [0.3, 0.4) is 0 Å². The fourth-order valence-corrected chi connectivity index (χ4v) is 3.10. The number of nitrogens with one attached hydrogen (secondary N) is 1. The van der Waals surface area contributed by atoms with Gasteiger partial charge in [-0.2, -0.15) is 11.8 Å². The molecule has 0 aromatic heterocycles. The van der Waals surface area contributed by atoms with Crippen molar-refractivity contribution in [2.75, 3.05) is 18.6 Å². The molecule has 1 aliphatic heterocycles. The molecule has 1 aromatic carbocycles. The minimum absolute atomic E-state index is 0.00810. The second-order valence-electron chi connectivity index (χ2n) is 5.15. The number of piperazine rings is 1. The van der Waals surface area contributed by atoms with Gasteiger partial charge < -0.3 is 10.2 Å². The Kier molecular flexibility index (Phi) is 5.67. The van der Waals surface area contributed by atoms with Crippen molar-refractivity contribution in [3.05, 3.63) is 35.9 Å². The van der Waals surface area contributed by atoms with E-state index in [0.29, 0.717) is 13.0 Å². The van der Waals surface area contributed by atoms with Crippen molar-refractivity contribution < 1.29 is 9.59 Å². The van der Waals surface area contributed by atoms with Gasteiger partial charge in [0.25, 0.3) is 0 Å².